The second-order valence-corrected chi connectivity index (χ2v) is 8.24. The molecule has 3 rings (SSSR count). The largest absolute Gasteiger partial charge is 0.504 e. The topological polar surface area (TPSA) is 225 Å². The van der Waals surface area contributed by atoms with E-state index in [1.807, 2.05) is 0 Å². The Labute approximate surface area is 205 Å². The summed E-state index contributed by atoms with van der Waals surface area (Å²) < 4.78 is 26.5. The zero-order chi connectivity index (χ0) is 26.6. The highest BCUT2D eigenvalue weighted by atomic mass is 16.8. The van der Waals surface area contributed by atoms with Crippen LogP contribution in [0.1, 0.15) is 5.56 Å². The molecule has 0 aromatic heterocycles. The van der Waals surface area contributed by atoms with Gasteiger partial charge in [-0.25, -0.2) is 4.79 Å². The number of methoxy groups -OCH3 is 1. The van der Waals surface area contributed by atoms with Crippen molar-refractivity contribution < 1.29 is 69.3 Å². The number of esters is 1. The van der Waals surface area contributed by atoms with E-state index in [0.29, 0.717) is 5.56 Å². The SMILES string of the molecule is COc1cc(C=CC(=O)O[C@@H]2[C@@H](O)[C@H](CO)O[C@]2(CO)O[C@@H]2O[C@@H](CO)[C@H](O)[C@@H](O)[C@@H]2O)ccc1O. The van der Waals surface area contributed by atoms with E-state index < -0.39 is 80.6 Å². The summed E-state index contributed by atoms with van der Waals surface area (Å²) in [5, 5.41) is 79.5. The lowest BCUT2D eigenvalue weighted by molar-refractivity contribution is -0.383. The Kier molecular flexibility index (Phi) is 9.23. The Balaban J connectivity index is 1.81. The van der Waals surface area contributed by atoms with E-state index in [-0.39, 0.29) is 11.5 Å². The lowest BCUT2D eigenvalue weighted by atomic mass is 9.99. The molecule has 2 aliphatic heterocycles. The van der Waals surface area contributed by atoms with Gasteiger partial charge in [0.15, 0.2) is 23.9 Å². The number of hydrogen-bond acceptors (Lipinski definition) is 14. The molecule has 202 valence electrons. The molecule has 1 aromatic rings. The van der Waals surface area contributed by atoms with Gasteiger partial charge in [0.05, 0.1) is 20.3 Å². The first kappa shape index (κ1) is 28.2. The van der Waals surface area contributed by atoms with Gasteiger partial charge in [-0.3, -0.25) is 0 Å². The van der Waals surface area contributed by atoms with Crippen LogP contribution in [0, 0.1) is 0 Å². The number of hydrogen-bond donors (Lipinski definition) is 8. The van der Waals surface area contributed by atoms with Crippen LogP contribution in [0.5, 0.6) is 11.5 Å². The molecule has 2 fully saturated rings. The lowest BCUT2D eigenvalue weighted by Gasteiger charge is -2.43. The summed E-state index contributed by atoms with van der Waals surface area (Å²) in [4.78, 5) is 12.5. The molecule has 2 saturated heterocycles. The fourth-order valence-corrected chi connectivity index (χ4v) is 3.90. The minimum atomic E-state index is -2.37. The zero-order valence-corrected chi connectivity index (χ0v) is 19.2. The molecule has 8 N–H and O–H groups in total. The van der Waals surface area contributed by atoms with E-state index >= 15 is 0 Å². The quantitative estimate of drug-likeness (QED) is 0.118. The van der Waals surface area contributed by atoms with Gasteiger partial charge < -0.3 is 64.5 Å². The molecule has 14 nitrogen and oxygen atoms in total. The number of aliphatic hydroxyl groups is 7. The van der Waals surface area contributed by atoms with Crippen molar-refractivity contribution in [2.24, 2.45) is 0 Å². The minimum Gasteiger partial charge on any atom is -0.504 e. The van der Waals surface area contributed by atoms with E-state index in [0.717, 1.165) is 6.08 Å². The molecule has 2 heterocycles. The highest BCUT2D eigenvalue weighted by Crippen LogP contribution is 2.38. The van der Waals surface area contributed by atoms with Gasteiger partial charge in [0.1, 0.15) is 43.2 Å². The molecule has 0 spiro atoms. The number of phenolic OH excluding ortho intramolecular Hbond substituents is 1. The van der Waals surface area contributed by atoms with Crippen LogP contribution in [0.15, 0.2) is 24.3 Å². The summed E-state index contributed by atoms with van der Waals surface area (Å²) >= 11 is 0. The van der Waals surface area contributed by atoms with E-state index in [1.54, 1.807) is 0 Å². The van der Waals surface area contributed by atoms with Crippen molar-refractivity contribution in [1.29, 1.82) is 0 Å². The van der Waals surface area contributed by atoms with Crippen molar-refractivity contribution >= 4 is 12.0 Å². The first-order valence-electron chi connectivity index (χ1n) is 10.9. The number of benzene rings is 1. The van der Waals surface area contributed by atoms with Crippen molar-refractivity contribution in [2.45, 2.75) is 54.8 Å². The monoisotopic (exact) mass is 518 g/mol. The van der Waals surface area contributed by atoms with Gasteiger partial charge in [-0.1, -0.05) is 6.07 Å². The van der Waals surface area contributed by atoms with Crippen molar-refractivity contribution in [2.75, 3.05) is 26.9 Å². The second-order valence-electron chi connectivity index (χ2n) is 8.24. The number of carbonyl (C=O) groups is 1. The number of rotatable bonds is 9. The summed E-state index contributed by atoms with van der Waals surface area (Å²) in [5.41, 5.74) is 0.448. The van der Waals surface area contributed by atoms with Crippen molar-refractivity contribution in [3.63, 3.8) is 0 Å². The van der Waals surface area contributed by atoms with Crippen LogP contribution >= 0.6 is 0 Å². The minimum absolute atomic E-state index is 0.114. The first-order chi connectivity index (χ1) is 17.1. The molecule has 2 aliphatic rings. The van der Waals surface area contributed by atoms with Crippen LogP contribution in [0.25, 0.3) is 6.08 Å². The molecule has 0 saturated carbocycles. The van der Waals surface area contributed by atoms with Crippen molar-refractivity contribution in [3.8, 4) is 11.5 Å². The van der Waals surface area contributed by atoms with Crippen LogP contribution in [-0.2, 0) is 23.7 Å². The van der Waals surface area contributed by atoms with Crippen LogP contribution in [-0.4, -0.2) is 129 Å². The van der Waals surface area contributed by atoms with Crippen molar-refractivity contribution in [3.05, 3.63) is 29.8 Å². The number of aromatic hydroxyl groups is 1. The molecule has 1 aromatic carbocycles. The Bertz CT molecular complexity index is 922. The van der Waals surface area contributed by atoms with Crippen LogP contribution in [0.2, 0.25) is 0 Å². The maximum absolute atomic E-state index is 12.5. The predicted molar refractivity (Wildman–Crippen MR) is 116 cm³/mol. The molecular formula is C22H30O14. The average molecular weight is 518 g/mol. The summed E-state index contributed by atoms with van der Waals surface area (Å²) in [6, 6.07) is 4.27. The Morgan fingerprint density at radius 1 is 1.03 bits per heavy atom. The Morgan fingerprint density at radius 3 is 2.33 bits per heavy atom. The summed E-state index contributed by atoms with van der Waals surface area (Å²) in [6.07, 6.45) is -11.1. The van der Waals surface area contributed by atoms with Gasteiger partial charge in [0, 0.05) is 6.08 Å². The molecule has 0 aliphatic carbocycles. The molecule has 14 heteroatoms. The van der Waals surface area contributed by atoms with E-state index in [4.69, 9.17) is 23.7 Å². The highest BCUT2D eigenvalue weighted by molar-refractivity contribution is 5.87. The Morgan fingerprint density at radius 2 is 1.72 bits per heavy atom. The molecule has 0 bridgehead atoms. The summed E-state index contributed by atoms with van der Waals surface area (Å²) in [5.74, 6) is -3.35. The average Bonchev–Trinajstić information content (AvgIpc) is 3.14. The molecule has 9 atom stereocenters. The number of carbonyl (C=O) groups excluding carboxylic acids is 1. The first-order valence-corrected chi connectivity index (χ1v) is 10.9. The van der Waals surface area contributed by atoms with Gasteiger partial charge in [-0.05, 0) is 23.8 Å². The van der Waals surface area contributed by atoms with Crippen LogP contribution in [0.4, 0.5) is 0 Å². The molecule has 0 unspecified atom stereocenters. The van der Waals surface area contributed by atoms with Crippen LogP contribution in [0.3, 0.4) is 0 Å². The number of aliphatic hydroxyl groups excluding tert-OH is 7. The smallest absolute Gasteiger partial charge is 0.331 e. The van der Waals surface area contributed by atoms with E-state index in [2.05, 4.69) is 0 Å². The van der Waals surface area contributed by atoms with E-state index in [1.165, 1.54) is 31.4 Å². The molecule has 36 heavy (non-hydrogen) atoms. The van der Waals surface area contributed by atoms with Crippen molar-refractivity contribution in [1.82, 2.24) is 0 Å². The normalized spacial score (nSPS) is 36.8. The van der Waals surface area contributed by atoms with Gasteiger partial charge in [-0.2, -0.15) is 0 Å². The third-order valence-corrected chi connectivity index (χ3v) is 5.90. The summed E-state index contributed by atoms with van der Waals surface area (Å²) in [7, 11) is 1.35. The third kappa shape index (κ3) is 5.63. The maximum Gasteiger partial charge on any atom is 0.331 e. The van der Waals surface area contributed by atoms with E-state index in [9.17, 15) is 45.6 Å². The molecular weight excluding hydrogens is 488 g/mol. The fourth-order valence-electron chi connectivity index (χ4n) is 3.90. The van der Waals surface area contributed by atoms with Crippen LogP contribution < -0.4 is 4.74 Å². The van der Waals surface area contributed by atoms with Gasteiger partial charge in [0.25, 0.3) is 0 Å². The molecule has 0 radical (unpaired) electrons. The number of phenols is 1. The zero-order valence-electron chi connectivity index (χ0n) is 19.2. The lowest BCUT2D eigenvalue weighted by Crippen LogP contribution is -2.63. The standard InChI is InChI=1S/C22H30O14/c1-32-12-6-10(2-4-11(12)26)3-5-15(27)34-20-17(29)14(8-24)35-22(20,9-25)36-21-19(31)18(30)16(28)13(7-23)33-21/h2-6,13-14,16-21,23-26,28-31H,7-9H2,1H3/t13-,14-,16-,17-,18+,19-,20+,21-,22+/m0/s1. The highest BCUT2D eigenvalue weighted by Gasteiger charge is 2.60. The van der Waals surface area contributed by atoms with Gasteiger partial charge in [0.2, 0.25) is 5.79 Å². The summed E-state index contributed by atoms with van der Waals surface area (Å²) in [6.45, 7) is -2.59. The fraction of sp³-hybridized carbons (Fsp3) is 0.591. The predicted octanol–water partition coefficient (Wildman–Crippen LogP) is -3.42. The van der Waals surface area contributed by atoms with Gasteiger partial charge in [-0.15, -0.1) is 0 Å². The Hall–Kier alpha value is -2.37. The molecule has 0 amide bonds. The second kappa shape index (κ2) is 11.8. The third-order valence-electron chi connectivity index (χ3n) is 5.90. The van der Waals surface area contributed by atoms with Gasteiger partial charge >= 0.3 is 5.97 Å². The maximum atomic E-state index is 12.5. The number of ether oxygens (including phenoxy) is 5.